The van der Waals surface area contributed by atoms with Gasteiger partial charge in [-0.1, -0.05) is 97.3 Å². The first kappa shape index (κ1) is 31.0. The van der Waals surface area contributed by atoms with E-state index in [9.17, 15) is 18.4 Å². The lowest BCUT2D eigenvalue weighted by molar-refractivity contribution is -0.248. The van der Waals surface area contributed by atoms with Gasteiger partial charge in [-0.2, -0.15) is 0 Å². The highest BCUT2D eigenvalue weighted by molar-refractivity contribution is 5.77. The van der Waals surface area contributed by atoms with Crippen LogP contribution in [-0.4, -0.2) is 30.1 Å². The summed E-state index contributed by atoms with van der Waals surface area (Å²) in [7, 11) is 0. The summed E-state index contributed by atoms with van der Waals surface area (Å²) in [6, 6.07) is 0. The molecule has 0 spiro atoms. The van der Waals surface area contributed by atoms with Gasteiger partial charge in [-0.25, -0.2) is 18.4 Å². The second-order valence-corrected chi connectivity index (χ2v) is 11.3. The van der Waals surface area contributed by atoms with Crippen LogP contribution in [0.25, 0.3) is 0 Å². The fourth-order valence-electron chi connectivity index (χ4n) is 5.97. The lowest BCUT2D eigenvalue weighted by Crippen LogP contribution is -2.47. The molecule has 36 heavy (non-hydrogen) atoms. The van der Waals surface area contributed by atoms with Gasteiger partial charge in [0.1, 0.15) is 0 Å². The van der Waals surface area contributed by atoms with Crippen LogP contribution < -0.4 is 0 Å². The molecule has 0 bridgehead atoms. The molecule has 2 atom stereocenters. The molecule has 2 aliphatic carbocycles. The molecule has 0 saturated heterocycles. The smallest absolute Gasteiger partial charge is 0.343 e. The van der Waals surface area contributed by atoms with Crippen LogP contribution in [0.3, 0.4) is 0 Å². The lowest BCUT2D eigenvalue weighted by atomic mass is 9.72. The van der Waals surface area contributed by atoms with Gasteiger partial charge in [-0.15, -0.1) is 0 Å². The maximum Gasteiger partial charge on any atom is 0.343 e. The predicted octanol–water partition coefficient (Wildman–Crippen LogP) is 8.94. The van der Waals surface area contributed by atoms with E-state index >= 15 is 0 Å². The van der Waals surface area contributed by atoms with Crippen LogP contribution in [0, 0.1) is 11.8 Å². The van der Waals surface area contributed by atoms with Gasteiger partial charge in [-0.3, -0.25) is 0 Å². The van der Waals surface area contributed by atoms with Crippen molar-refractivity contribution in [1.82, 2.24) is 0 Å². The third kappa shape index (κ3) is 11.0. The summed E-state index contributed by atoms with van der Waals surface area (Å²) in [5.41, 5.74) is 0. The van der Waals surface area contributed by atoms with Crippen LogP contribution in [0.1, 0.15) is 149 Å². The quantitative estimate of drug-likeness (QED) is 0.110. The maximum atomic E-state index is 14.7. The van der Waals surface area contributed by atoms with Gasteiger partial charge in [0.25, 0.3) is 5.79 Å². The van der Waals surface area contributed by atoms with Crippen LogP contribution in [0.4, 0.5) is 8.78 Å². The highest BCUT2D eigenvalue weighted by Crippen LogP contribution is 2.43. The summed E-state index contributed by atoms with van der Waals surface area (Å²) in [5.74, 6) is -2.32. The molecule has 2 fully saturated rings. The molecule has 2 rings (SSSR count). The van der Waals surface area contributed by atoms with Crippen molar-refractivity contribution in [1.29, 1.82) is 0 Å². The minimum Gasteiger partial charge on any atom is -0.420 e. The summed E-state index contributed by atoms with van der Waals surface area (Å²) in [5, 5.41) is 0. The topological polar surface area (TPSA) is 52.6 Å². The van der Waals surface area contributed by atoms with Crippen molar-refractivity contribution in [2.75, 3.05) is 0 Å². The summed E-state index contributed by atoms with van der Waals surface area (Å²) in [4.78, 5) is 25.3. The standard InChI is InChI=1S/C30H52F2O4/c1-3-5-7-9-14-18-26(31)28(33)35-30(36-29(34)27(32)19-15-10-8-6-4-2)22-20-25(21-23-30)24-16-12-11-13-17-24/h24-27H,3-23H2,1-2H3/t26-,27-/m1/s1. The van der Waals surface area contributed by atoms with E-state index in [4.69, 9.17) is 9.47 Å². The van der Waals surface area contributed by atoms with Crippen LogP contribution in [0.5, 0.6) is 0 Å². The Bertz CT molecular complexity index is 576. The van der Waals surface area contributed by atoms with Crippen molar-refractivity contribution in [2.24, 2.45) is 11.8 Å². The van der Waals surface area contributed by atoms with Crippen LogP contribution in [0.15, 0.2) is 0 Å². The number of esters is 2. The second-order valence-electron chi connectivity index (χ2n) is 11.3. The number of carbonyl (C=O) groups is 2. The zero-order valence-electron chi connectivity index (χ0n) is 23.0. The van der Waals surface area contributed by atoms with Gasteiger partial charge in [0.05, 0.1) is 0 Å². The van der Waals surface area contributed by atoms with Gasteiger partial charge in [0, 0.05) is 12.8 Å². The van der Waals surface area contributed by atoms with Gasteiger partial charge < -0.3 is 9.47 Å². The van der Waals surface area contributed by atoms with Gasteiger partial charge in [0.2, 0.25) is 0 Å². The number of carbonyl (C=O) groups excluding carboxylic acids is 2. The average Bonchev–Trinajstić information content (AvgIpc) is 2.89. The van der Waals surface area contributed by atoms with E-state index in [1.54, 1.807) is 0 Å². The van der Waals surface area contributed by atoms with Crippen molar-refractivity contribution >= 4 is 11.9 Å². The number of unbranched alkanes of at least 4 members (excludes halogenated alkanes) is 8. The molecule has 0 amide bonds. The molecule has 0 unspecified atom stereocenters. The van der Waals surface area contributed by atoms with Gasteiger partial charge in [-0.05, 0) is 50.4 Å². The van der Waals surface area contributed by atoms with Gasteiger partial charge >= 0.3 is 11.9 Å². The Kier molecular flexibility index (Phi) is 14.9. The molecule has 0 aromatic rings. The van der Waals surface area contributed by atoms with Crippen molar-refractivity contribution in [3.8, 4) is 0 Å². The summed E-state index contributed by atoms with van der Waals surface area (Å²) in [6.45, 7) is 4.24. The molecule has 0 radical (unpaired) electrons. The highest BCUT2D eigenvalue weighted by atomic mass is 19.1. The zero-order valence-corrected chi connectivity index (χ0v) is 23.0. The molecule has 0 aliphatic heterocycles. The van der Waals surface area contributed by atoms with E-state index in [0.717, 1.165) is 64.2 Å². The number of halogens is 2. The van der Waals surface area contributed by atoms with Crippen molar-refractivity contribution in [2.45, 2.75) is 167 Å². The normalized spacial score (nSPS) is 20.6. The van der Waals surface area contributed by atoms with E-state index in [1.165, 1.54) is 32.1 Å². The third-order valence-electron chi connectivity index (χ3n) is 8.32. The Hall–Kier alpha value is -1.20. The Labute approximate surface area is 218 Å². The molecule has 0 aromatic carbocycles. The molecule has 4 nitrogen and oxygen atoms in total. The Morgan fingerprint density at radius 3 is 1.53 bits per heavy atom. The SMILES string of the molecule is CCCCCCC[C@@H](F)C(=O)OC1(OC(=O)[C@H](F)CCCCCCC)CCC(C2CCCCC2)CC1. The molecule has 6 heteroatoms. The first-order chi connectivity index (χ1) is 17.4. The number of hydrogen-bond acceptors (Lipinski definition) is 4. The molecule has 2 saturated carbocycles. The highest BCUT2D eigenvalue weighted by Gasteiger charge is 2.46. The van der Waals surface area contributed by atoms with E-state index in [1.807, 2.05) is 0 Å². The minimum atomic E-state index is -1.74. The van der Waals surface area contributed by atoms with Crippen molar-refractivity contribution < 1.29 is 27.8 Å². The maximum absolute atomic E-state index is 14.7. The first-order valence-electron chi connectivity index (χ1n) is 15.1. The van der Waals surface area contributed by atoms with Crippen molar-refractivity contribution in [3.05, 3.63) is 0 Å². The molecule has 2 aliphatic rings. The largest absolute Gasteiger partial charge is 0.420 e. The van der Waals surface area contributed by atoms with Crippen LogP contribution in [0.2, 0.25) is 0 Å². The Morgan fingerprint density at radius 1 is 0.667 bits per heavy atom. The number of alkyl halides is 2. The third-order valence-corrected chi connectivity index (χ3v) is 8.32. The predicted molar refractivity (Wildman–Crippen MR) is 140 cm³/mol. The zero-order chi connectivity index (χ0) is 26.2. The molecular weight excluding hydrogens is 462 g/mol. The lowest BCUT2D eigenvalue weighted by Gasteiger charge is -2.42. The Morgan fingerprint density at radius 2 is 1.08 bits per heavy atom. The van der Waals surface area contributed by atoms with E-state index in [0.29, 0.717) is 37.5 Å². The fourth-order valence-corrected chi connectivity index (χ4v) is 5.97. The molecule has 0 N–H and O–H groups in total. The van der Waals surface area contributed by atoms with E-state index in [2.05, 4.69) is 13.8 Å². The average molecular weight is 515 g/mol. The van der Waals surface area contributed by atoms with Crippen molar-refractivity contribution in [3.63, 3.8) is 0 Å². The van der Waals surface area contributed by atoms with E-state index in [-0.39, 0.29) is 12.8 Å². The fraction of sp³-hybridized carbons (Fsp3) is 0.933. The molecule has 0 heterocycles. The number of rotatable bonds is 17. The molecular formula is C30H52F2O4. The van der Waals surface area contributed by atoms with E-state index < -0.39 is 30.1 Å². The summed E-state index contributed by atoms with van der Waals surface area (Å²) in [6.07, 6.45) is 14.6. The number of ether oxygens (including phenoxy) is 2. The van der Waals surface area contributed by atoms with Gasteiger partial charge in [0.15, 0.2) is 12.3 Å². The number of hydrogen-bond donors (Lipinski definition) is 0. The minimum absolute atomic E-state index is 0.112. The molecule has 210 valence electrons. The second kappa shape index (κ2) is 17.3. The monoisotopic (exact) mass is 514 g/mol. The summed E-state index contributed by atoms with van der Waals surface area (Å²) < 4.78 is 40.6. The first-order valence-corrected chi connectivity index (χ1v) is 15.1. The molecule has 0 aromatic heterocycles. The van der Waals surface area contributed by atoms with Crippen LogP contribution >= 0.6 is 0 Å². The van der Waals surface area contributed by atoms with Crippen LogP contribution in [-0.2, 0) is 19.1 Å². The Balaban J connectivity index is 1.94. The summed E-state index contributed by atoms with van der Waals surface area (Å²) >= 11 is 0.